The largest absolute Gasteiger partial charge is 0.317 e. The van der Waals surface area contributed by atoms with E-state index in [4.69, 9.17) is 5.73 Å². The van der Waals surface area contributed by atoms with E-state index in [1.807, 2.05) is 24.3 Å². The van der Waals surface area contributed by atoms with Crippen LogP contribution >= 0.6 is 0 Å². The molecule has 3 N–H and O–H groups in total. The Balaban J connectivity index is 2.48. The second-order valence-corrected chi connectivity index (χ2v) is 4.87. The molecule has 0 fully saturated rings. The van der Waals surface area contributed by atoms with Gasteiger partial charge in [-0.3, -0.25) is 0 Å². The highest BCUT2D eigenvalue weighted by Gasteiger charge is 2.21. The van der Waals surface area contributed by atoms with E-state index in [1.165, 1.54) is 0 Å². The summed E-state index contributed by atoms with van der Waals surface area (Å²) in [5.41, 5.74) is 7.10. The molecule has 4 heteroatoms. The molecular formula is C12H17N4+. The van der Waals surface area contributed by atoms with Crippen molar-refractivity contribution in [3.63, 3.8) is 0 Å². The lowest BCUT2D eigenvalue weighted by molar-refractivity contribution is -0.645. The minimum Gasteiger partial charge on any atom is -0.317 e. The van der Waals surface area contributed by atoms with E-state index < -0.39 is 0 Å². The molecule has 2 aromatic rings. The van der Waals surface area contributed by atoms with Crippen molar-refractivity contribution in [3.8, 4) is 5.82 Å². The number of nitrogen functional groups attached to an aromatic ring is 1. The molecule has 0 unspecified atom stereocenters. The maximum atomic E-state index is 5.96. The van der Waals surface area contributed by atoms with E-state index in [1.54, 1.807) is 10.9 Å². The Morgan fingerprint density at radius 2 is 2.06 bits per heavy atom. The molecule has 0 amide bonds. The molecule has 0 saturated carbocycles. The number of aromatic amines is 1. The SMILES string of the molecule is CC(C)(C)c1cc(N)[n+](-c2ccccn2)[nH]1. The number of hydrogen-bond donors (Lipinski definition) is 2. The topological polar surface area (TPSA) is 58.6 Å². The highest BCUT2D eigenvalue weighted by molar-refractivity contribution is 5.29. The van der Waals surface area contributed by atoms with Gasteiger partial charge in [-0.1, -0.05) is 26.8 Å². The Bertz CT molecular complexity index is 479. The van der Waals surface area contributed by atoms with Gasteiger partial charge in [-0.15, -0.1) is 9.67 Å². The maximum Gasteiger partial charge on any atom is 0.284 e. The fourth-order valence-electron chi connectivity index (χ4n) is 1.49. The van der Waals surface area contributed by atoms with Gasteiger partial charge in [0.15, 0.2) is 0 Å². The van der Waals surface area contributed by atoms with Crippen LogP contribution in [0.1, 0.15) is 26.5 Å². The van der Waals surface area contributed by atoms with Crippen molar-refractivity contribution in [3.05, 3.63) is 36.2 Å². The van der Waals surface area contributed by atoms with Crippen molar-refractivity contribution >= 4 is 5.82 Å². The van der Waals surface area contributed by atoms with Gasteiger partial charge in [-0.05, 0) is 6.07 Å². The summed E-state index contributed by atoms with van der Waals surface area (Å²) in [4.78, 5) is 4.26. The molecule has 4 nitrogen and oxygen atoms in total. The minimum absolute atomic E-state index is 0.0498. The fourth-order valence-corrected chi connectivity index (χ4v) is 1.49. The number of rotatable bonds is 1. The summed E-state index contributed by atoms with van der Waals surface area (Å²) in [6.45, 7) is 6.42. The number of nitrogens with two attached hydrogens (primary N) is 1. The summed E-state index contributed by atoms with van der Waals surface area (Å²) in [7, 11) is 0. The summed E-state index contributed by atoms with van der Waals surface area (Å²) in [6.07, 6.45) is 1.75. The number of anilines is 1. The third kappa shape index (κ3) is 1.91. The zero-order chi connectivity index (χ0) is 11.8. The van der Waals surface area contributed by atoms with Gasteiger partial charge in [-0.2, -0.15) is 0 Å². The Hall–Kier alpha value is -1.84. The average molecular weight is 217 g/mol. The molecule has 16 heavy (non-hydrogen) atoms. The van der Waals surface area contributed by atoms with E-state index in [0.717, 1.165) is 11.5 Å². The van der Waals surface area contributed by atoms with Gasteiger partial charge < -0.3 is 5.73 Å². The molecule has 0 aliphatic carbocycles. The van der Waals surface area contributed by atoms with Crippen LogP contribution in [0.2, 0.25) is 0 Å². The number of H-pyrrole nitrogens is 1. The molecule has 0 aliphatic heterocycles. The van der Waals surface area contributed by atoms with E-state index in [-0.39, 0.29) is 5.41 Å². The molecule has 2 heterocycles. The van der Waals surface area contributed by atoms with Crippen LogP contribution < -0.4 is 10.4 Å². The summed E-state index contributed by atoms with van der Waals surface area (Å²) in [5, 5.41) is 3.27. The van der Waals surface area contributed by atoms with Gasteiger partial charge in [0.05, 0.1) is 5.69 Å². The molecular weight excluding hydrogens is 200 g/mol. The van der Waals surface area contributed by atoms with Crippen molar-refractivity contribution < 1.29 is 4.68 Å². The standard InChI is InChI=1S/C12H16N4/c1-12(2,3)9-8-10(13)16(15-9)11-6-4-5-7-14-11/h4-8H,1-3H3,(H2,13,15)/p+1. The quantitative estimate of drug-likeness (QED) is 0.712. The summed E-state index contributed by atoms with van der Waals surface area (Å²) < 4.78 is 1.79. The number of pyridine rings is 1. The Kier molecular flexibility index (Phi) is 2.42. The van der Waals surface area contributed by atoms with Crippen molar-refractivity contribution in [2.75, 3.05) is 5.73 Å². The lowest BCUT2D eigenvalue weighted by Crippen LogP contribution is -2.37. The van der Waals surface area contributed by atoms with Crippen LogP contribution in [0.5, 0.6) is 0 Å². The van der Waals surface area contributed by atoms with Crippen LogP contribution in [0.3, 0.4) is 0 Å². The molecule has 0 aromatic carbocycles. The number of nitrogens with one attached hydrogen (secondary N) is 1. The first kappa shape index (κ1) is 10.7. The summed E-state index contributed by atoms with van der Waals surface area (Å²) in [6, 6.07) is 7.69. The van der Waals surface area contributed by atoms with Gasteiger partial charge in [0.25, 0.3) is 5.82 Å². The molecule has 0 atom stereocenters. The minimum atomic E-state index is 0.0498. The van der Waals surface area contributed by atoms with Gasteiger partial charge >= 0.3 is 0 Å². The van der Waals surface area contributed by atoms with Crippen molar-refractivity contribution in [1.29, 1.82) is 0 Å². The van der Waals surface area contributed by atoms with E-state index in [0.29, 0.717) is 5.82 Å². The van der Waals surface area contributed by atoms with Crippen LogP contribution in [0.15, 0.2) is 30.5 Å². The third-order valence-electron chi connectivity index (χ3n) is 2.47. The van der Waals surface area contributed by atoms with Crippen molar-refractivity contribution in [2.45, 2.75) is 26.2 Å². The smallest absolute Gasteiger partial charge is 0.284 e. The Labute approximate surface area is 95.1 Å². The van der Waals surface area contributed by atoms with Crippen LogP contribution in [-0.4, -0.2) is 10.1 Å². The second kappa shape index (κ2) is 3.63. The van der Waals surface area contributed by atoms with Gasteiger partial charge in [0.1, 0.15) is 6.20 Å². The molecule has 2 rings (SSSR count). The first-order valence-corrected chi connectivity index (χ1v) is 5.31. The van der Waals surface area contributed by atoms with Crippen molar-refractivity contribution in [1.82, 2.24) is 10.1 Å². The predicted molar refractivity (Wildman–Crippen MR) is 63.2 cm³/mol. The van der Waals surface area contributed by atoms with Gasteiger partial charge in [-0.25, -0.2) is 5.10 Å². The molecule has 0 aliphatic rings. The molecule has 0 saturated heterocycles. The molecule has 2 aromatic heterocycles. The van der Waals surface area contributed by atoms with Crippen LogP contribution in [0, 0.1) is 0 Å². The number of aromatic nitrogens is 3. The van der Waals surface area contributed by atoms with Crippen molar-refractivity contribution in [2.24, 2.45) is 0 Å². The zero-order valence-electron chi connectivity index (χ0n) is 9.86. The zero-order valence-corrected chi connectivity index (χ0v) is 9.86. The Morgan fingerprint density at radius 3 is 2.56 bits per heavy atom. The van der Waals surface area contributed by atoms with Gasteiger partial charge in [0.2, 0.25) is 5.82 Å². The van der Waals surface area contributed by atoms with E-state index in [2.05, 4.69) is 30.9 Å². The van der Waals surface area contributed by atoms with Gasteiger partial charge in [0, 0.05) is 17.5 Å². The number of hydrogen-bond acceptors (Lipinski definition) is 2. The third-order valence-corrected chi connectivity index (χ3v) is 2.47. The first-order valence-electron chi connectivity index (χ1n) is 5.31. The molecule has 0 bridgehead atoms. The monoisotopic (exact) mass is 217 g/mol. The Morgan fingerprint density at radius 1 is 1.31 bits per heavy atom. The maximum absolute atomic E-state index is 5.96. The predicted octanol–water partition coefficient (Wildman–Crippen LogP) is 1.57. The highest BCUT2D eigenvalue weighted by Crippen LogP contribution is 2.20. The lowest BCUT2D eigenvalue weighted by Gasteiger charge is -2.14. The fraction of sp³-hybridized carbons (Fsp3) is 0.333. The normalized spacial score (nSPS) is 11.7. The van der Waals surface area contributed by atoms with Crippen LogP contribution in [-0.2, 0) is 5.41 Å². The second-order valence-electron chi connectivity index (χ2n) is 4.87. The summed E-state index contributed by atoms with van der Waals surface area (Å²) >= 11 is 0. The molecule has 0 spiro atoms. The molecule has 84 valence electrons. The first-order chi connectivity index (χ1) is 7.48. The molecule has 0 radical (unpaired) electrons. The van der Waals surface area contributed by atoms with Crippen LogP contribution in [0.4, 0.5) is 5.82 Å². The van der Waals surface area contributed by atoms with E-state index in [9.17, 15) is 0 Å². The van der Waals surface area contributed by atoms with Crippen LogP contribution in [0.25, 0.3) is 5.82 Å². The number of nitrogens with zero attached hydrogens (tertiary/aromatic N) is 2. The highest BCUT2D eigenvalue weighted by atomic mass is 15.3. The average Bonchev–Trinajstić information content (AvgIpc) is 2.61. The summed E-state index contributed by atoms with van der Waals surface area (Å²) in [5.74, 6) is 1.47. The van der Waals surface area contributed by atoms with E-state index >= 15 is 0 Å². The lowest BCUT2D eigenvalue weighted by atomic mass is 9.92.